The van der Waals surface area contributed by atoms with E-state index in [0.29, 0.717) is 0 Å². The molecule has 0 saturated carbocycles. The third-order valence-corrected chi connectivity index (χ3v) is 2.34. The Morgan fingerprint density at radius 3 is 2.38 bits per heavy atom. The maximum atomic E-state index is 10.5. The predicted molar refractivity (Wildman–Crippen MR) is 65.1 cm³/mol. The minimum Gasteiger partial charge on any atom is -0.258 e. The van der Waals surface area contributed by atoms with Gasteiger partial charge in [0, 0.05) is 12.1 Å². The highest BCUT2D eigenvalue weighted by atomic mass is 16.6. The Bertz CT molecular complexity index is 477. The molecule has 16 heavy (non-hydrogen) atoms. The molecule has 0 fully saturated rings. The first-order valence-electron chi connectivity index (χ1n) is 4.84. The first kappa shape index (κ1) is 12.0. The van der Waals surface area contributed by atoms with E-state index in [1.165, 1.54) is 12.1 Å². The summed E-state index contributed by atoms with van der Waals surface area (Å²) >= 11 is 0. The van der Waals surface area contributed by atoms with Gasteiger partial charge in [0.25, 0.3) is 5.69 Å². The van der Waals surface area contributed by atoms with Crippen LogP contribution < -0.4 is 0 Å². The van der Waals surface area contributed by atoms with Crippen LogP contribution in [0.5, 0.6) is 0 Å². The summed E-state index contributed by atoms with van der Waals surface area (Å²) in [5, 5.41) is 10.5. The first-order chi connectivity index (χ1) is 7.54. The van der Waals surface area contributed by atoms with Crippen molar-refractivity contribution < 1.29 is 4.92 Å². The Hall–Kier alpha value is -2.12. The van der Waals surface area contributed by atoms with Crippen molar-refractivity contribution in [3.05, 3.63) is 63.4 Å². The first-order valence-corrected chi connectivity index (χ1v) is 4.84. The standard InChI is InChI=1S/C13H13NO2/c1-4-10(2)11(3)9-12-5-7-13(8-6-12)14(15)16/h5-9H,1H2,2-3H3/b11-9-. The highest BCUT2D eigenvalue weighted by molar-refractivity contribution is 5.58. The van der Waals surface area contributed by atoms with Crippen molar-refractivity contribution in [2.24, 2.45) is 0 Å². The van der Waals surface area contributed by atoms with E-state index in [1.54, 1.807) is 12.1 Å². The van der Waals surface area contributed by atoms with Gasteiger partial charge < -0.3 is 0 Å². The molecule has 0 radical (unpaired) electrons. The fourth-order valence-corrected chi connectivity index (χ4v) is 1.19. The van der Waals surface area contributed by atoms with Crippen LogP contribution in [-0.4, -0.2) is 4.92 Å². The second-order valence-electron chi connectivity index (χ2n) is 3.48. The van der Waals surface area contributed by atoms with Crippen LogP contribution in [0.4, 0.5) is 5.69 Å². The number of hydrogen-bond donors (Lipinski definition) is 0. The van der Waals surface area contributed by atoms with Crippen molar-refractivity contribution in [2.45, 2.75) is 13.8 Å². The summed E-state index contributed by atoms with van der Waals surface area (Å²) in [6.07, 6.45) is 1.94. The lowest BCUT2D eigenvalue weighted by Gasteiger charge is -1.99. The monoisotopic (exact) mass is 215 g/mol. The zero-order valence-corrected chi connectivity index (χ0v) is 9.36. The van der Waals surface area contributed by atoms with Crippen molar-refractivity contribution in [3.8, 4) is 0 Å². The van der Waals surface area contributed by atoms with E-state index in [-0.39, 0.29) is 5.69 Å². The van der Waals surface area contributed by atoms with Crippen LogP contribution in [0.3, 0.4) is 0 Å². The number of nitro groups is 1. The van der Waals surface area contributed by atoms with Crippen molar-refractivity contribution >= 4 is 11.8 Å². The largest absolute Gasteiger partial charge is 0.269 e. The molecule has 82 valence electrons. The molecule has 0 saturated heterocycles. The lowest BCUT2D eigenvalue weighted by molar-refractivity contribution is -0.384. The van der Waals surface area contributed by atoms with Crippen LogP contribution in [-0.2, 0) is 0 Å². The smallest absolute Gasteiger partial charge is 0.258 e. The lowest BCUT2D eigenvalue weighted by atomic mass is 10.1. The highest BCUT2D eigenvalue weighted by Crippen LogP contribution is 2.16. The van der Waals surface area contributed by atoms with Crippen LogP contribution in [0.15, 0.2) is 47.7 Å². The van der Waals surface area contributed by atoms with Crippen LogP contribution in [0.1, 0.15) is 19.4 Å². The van der Waals surface area contributed by atoms with Gasteiger partial charge in [-0.25, -0.2) is 0 Å². The third-order valence-electron chi connectivity index (χ3n) is 2.34. The second kappa shape index (κ2) is 5.10. The highest BCUT2D eigenvalue weighted by Gasteiger charge is 2.02. The van der Waals surface area contributed by atoms with Gasteiger partial charge in [-0.3, -0.25) is 10.1 Å². The molecule has 0 aliphatic carbocycles. The summed E-state index contributed by atoms with van der Waals surface area (Å²) in [6.45, 7) is 7.44. The van der Waals surface area contributed by atoms with E-state index in [9.17, 15) is 10.1 Å². The average Bonchev–Trinajstić information content (AvgIpc) is 2.28. The zero-order valence-electron chi connectivity index (χ0n) is 9.36. The van der Waals surface area contributed by atoms with Crippen molar-refractivity contribution in [1.82, 2.24) is 0 Å². The molecule has 3 heteroatoms. The van der Waals surface area contributed by atoms with Crippen molar-refractivity contribution in [1.29, 1.82) is 0 Å². The quantitative estimate of drug-likeness (QED) is 0.333. The normalized spacial score (nSPS) is 10.8. The predicted octanol–water partition coefficient (Wildman–Crippen LogP) is 3.73. The molecule has 0 aromatic heterocycles. The number of rotatable bonds is 3. The summed E-state index contributed by atoms with van der Waals surface area (Å²) in [5.41, 5.74) is 5.85. The number of allylic oxidation sites excluding steroid dienone is 2. The number of nitro benzene ring substituents is 1. The molecule has 0 spiro atoms. The van der Waals surface area contributed by atoms with Crippen LogP contribution in [0.2, 0.25) is 0 Å². The summed E-state index contributed by atoms with van der Waals surface area (Å²) in [5.74, 6) is 0. The minimum absolute atomic E-state index is 0.103. The van der Waals surface area contributed by atoms with Crippen LogP contribution >= 0.6 is 0 Å². The Labute approximate surface area is 94.6 Å². The molecule has 1 aromatic rings. The molecule has 0 aliphatic rings. The minimum atomic E-state index is -0.407. The topological polar surface area (TPSA) is 43.1 Å². The zero-order chi connectivity index (χ0) is 12.1. The third kappa shape index (κ3) is 2.94. The van der Waals surface area contributed by atoms with E-state index in [4.69, 9.17) is 0 Å². The van der Waals surface area contributed by atoms with Gasteiger partial charge in [0.15, 0.2) is 0 Å². The van der Waals surface area contributed by atoms with Crippen LogP contribution in [0.25, 0.3) is 6.08 Å². The summed E-state index contributed by atoms with van der Waals surface area (Å²) < 4.78 is 0. The SMILES string of the molecule is C=C=C(C)/C(C)=C\c1ccc([N+](=O)[O-])cc1. The van der Waals surface area contributed by atoms with E-state index in [1.807, 2.05) is 19.9 Å². The van der Waals surface area contributed by atoms with Gasteiger partial charge in [0.05, 0.1) is 4.92 Å². The number of nitrogens with zero attached hydrogens (tertiary/aromatic N) is 1. The van der Waals surface area contributed by atoms with Gasteiger partial charge in [0.1, 0.15) is 0 Å². The Balaban J connectivity index is 3.00. The molecule has 0 bridgehead atoms. The summed E-state index contributed by atoms with van der Waals surface area (Å²) in [6, 6.07) is 6.42. The molecule has 1 rings (SSSR count). The molecule has 0 aliphatic heterocycles. The molecular formula is C13H13NO2. The van der Waals surface area contributed by atoms with Gasteiger partial charge >= 0.3 is 0 Å². The maximum absolute atomic E-state index is 10.5. The van der Waals surface area contributed by atoms with E-state index in [2.05, 4.69) is 12.3 Å². The fourth-order valence-electron chi connectivity index (χ4n) is 1.19. The maximum Gasteiger partial charge on any atom is 0.269 e. The van der Waals surface area contributed by atoms with E-state index >= 15 is 0 Å². The molecule has 0 heterocycles. The summed E-state index contributed by atoms with van der Waals surface area (Å²) in [7, 11) is 0. The molecule has 0 N–H and O–H groups in total. The molecule has 3 nitrogen and oxygen atoms in total. The lowest BCUT2D eigenvalue weighted by Crippen LogP contribution is -1.87. The van der Waals surface area contributed by atoms with E-state index in [0.717, 1.165) is 16.7 Å². The molecular weight excluding hydrogens is 202 g/mol. The van der Waals surface area contributed by atoms with Gasteiger partial charge in [-0.1, -0.05) is 12.7 Å². The molecule has 1 aromatic carbocycles. The van der Waals surface area contributed by atoms with Crippen LogP contribution in [0, 0.1) is 10.1 Å². The van der Waals surface area contributed by atoms with E-state index < -0.39 is 4.92 Å². The second-order valence-corrected chi connectivity index (χ2v) is 3.48. The number of hydrogen-bond acceptors (Lipinski definition) is 2. The Morgan fingerprint density at radius 1 is 1.38 bits per heavy atom. The molecule has 0 amide bonds. The Kier molecular flexibility index (Phi) is 3.81. The fraction of sp³-hybridized carbons (Fsp3) is 0.154. The van der Waals surface area contributed by atoms with Crippen molar-refractivity contribution in [2.75, 3.05) is 0 Å². The van der Waals surface area contributed by atoms with Gasteiger partial charge in [-0.2, -0.15) is 0 Å². The summed E-state index contributed by atoms with van der Waals surface area (Å²) in [4.78, 5) is 10.0. The van der Waals surface area contributed by atoms with Gasteiger partial charge in [0.2, 0.25) is 0 Å². The molecule has 0 unspecified atom stereocenters. The Morgan fingerprint density at radius 2 is 1.94 bits per heavy atom. The van der Waals surface area contributed by atoms with Gasteiger partial charge in [-0.05, 0) is 42.7 Å². The van der Waals surface area contributed by atoms with Crippen molar-refractivity contribution in [3.63, 3.8) is 0 Å². The van der Waals surface area contributed by atoms with Gasteiger partial charge in [-0.15, -0.1) is 5.73 Å². The molecule has 0 atom stereocenters. The average molecular weight is 215 g/mol. The number of non-ortho nitro benzene ring substituents is 1. The number of benzene rings is 1.